The lowest BCUT2D eigenvalue weighted by atomic mass is 9.95. The number of carbonyl (C=O) groups is 1. The zero-order chi connectivity index (χ0) is 40.5. The number of benzene rings is 2. The van der Waals surface area contributed by atoms with Crippen LogP contribution in [0.2, 0.25) is 51.4 Å². The molecule has 0 spiro atoms. The zero-order valence-corrected chi connectivity index (χ0v) is 36.8. The van der Waals surface area contributed by atoms with Gasteiger partial charge in [-0.2, -0.15) is 5.10 Å². The number of hydrogen-bond donors (Lipinski definition) is 0. The standard InChI is InChI=1S/C42H57FN8O4Si2/c1-9-30-20-29(2)34(43)22-33(30)31-10-11-32-37(21-31)51(28-55-17-19-57(6,7)8)47-40(32)41-46-36-25-49(26-38(36)50(41)27-54-16-18-56(3,4)5)42(52)35-23-45-39(24-44-35)48-12-14-53-15-13-48/h10-11,20-24H,9,12-19,25-28H2,1-8H3. The fraction of sp³-hybridized carbons (Fsp3) is 0.500. The highest BCUT2D eigenvalue weighted by molar-refractivity contribution is 6.76. The average molecular weight is 813 g/mol. The monoisotopic (exact) mass is 812 g/mol. The van der Waals surface area contributed by atoms with E-state index in [1.807, 2.05) is 23.7 Å². The van der Waals surface area contributed by atoms with Gasteiger partial charge in [0.05, 0.1) is 55.6 Å². The van der Waals surface area contributed by atoms with Gasteiger partial charge < -0.3 is 28.6 Å². The van der Waals surface area contributed by atoms with Crippen molar-refractivity contribution in [3.8, 4) is 22.6 Å². The average Bonchev–Trinajstić information content (AvgIpc) is 3.86. The summed E-state index contributed by atoms with van der Waals surface area (Å²) in [6.07, 6.45) is 4.02. The van der Waals surface area contributed by atoms with Gasteiger partial charge in [-0.15, -0.1) is 0 Å². The van der Waals surface area contributed by atoms with Gasteiger partial charge in [-0.3, -0.25) is 4.79 Å². The molecule has 0 N–H and O–H groups in total. The quantitative estimate of drug-likeness (QED) is 0.0768. The van der Waals surface area contributed by atoms with Crippen molar-refractivity contribution in [1.82, 2.24) is 34.2 Å². The fourth-order valence-corrected chi connectivity index (χ4v) is 8.75. The first-order valence-corrected chi connectivity index (χ1v) is 27.6. The molecule has 5 heterocycles. The Kier molecular flexibility index (Phi) is 12.1. The Hall–Kier alpha value is -4.29. The Morgan fingerprint density at radius 1 is 0.912 bits per heavy atom. The van der Waals surface area contributed by atoms with Gasteiger partial charge >= 0.3 is 0 Å². The van der Waals surface area contributed by atoms with E-state index in [2.05, 4.69) is 77.8 Å². The maximum absolute atomic E-state index is 15.0. The van der Waals surface area contributed by atoms with E-state index >= 15 is 0 Å². The summed E-state index contributed by atoms with van der Waals surface area (Å²) in [7, 11) is -2.65. The van der Waals surface area contributed by atoms with Crippen LogP contribution < -0.4 is 4.90 Å². The third-order valence-electron chi connectivity index (χ3n) is 10.8. The molecule has 0 aliphatic carbocycles. The Morgan fingerprint density at radius 3 is 2.30 bits per heavy atom. The van der Waals surface area contributed by atoms with Gasteiger partial charge in [0, 0.05) is 47.8 Å². The number of amides is 1. The van der Waals surface area contributed by atoms with Crippen LogP contribution in [0.15, 0.2) is 42.7 Å². The molecule has 12 nitrogen and oxygen atoms in total. The molecule has 5 aromatic rings. The summed E-state index contributed by atoms with van der Waals surface area (Å²) >= 11 is 0. The minimum absolute atomic E-state index is 0.196. The predicted molar refractivity (Wildman–Crippen MR) is 227 cm³/mol. The van der Waals surface area contributed by atoms with Crippen molar-refractivity contribution in [1.29, 1.82) is 0 Å². The summed E-state index contributed by atoms with van der Waals surface area (Å²) in [5, 5.41) is 6.09. The number of imidazole rings is 1. The van der Waals surface area contributed by atoms with Crippen LogP contribution in [0.1, 0.15) is 39.9 Å². The van der Waals surface area contributed by atoms with Crippen LogP contribution >= 0.6 is 0 Å². The Morgan fingerprint density at radius 2 is 1.63 bits per heavy atom. The lowest BCUT2D eigenvalue weighted by Crippen LogP contribution is -2.37. The molecule has 0 atom stereocenters. The topological polar surface area (TPSA) is 113 Å². The molecule has 57 heavy (non-hydrogen) atoms. The van der Waals surface area contributed by atoms with Crippen LogP contribution in [-0.4, -0.2) is 95.8 Å². The molecule has 2 aliphatic rings. The number of fused-ring (bicyclic) bond motifs is 2. The number of hydrogen-bond acceptors (Lipinski definition) is 9. The van der Waals surface area contributed by atoms with Gasteiger partial charge in [0.25, 0.3) is 5.91 Å². The molecular weight excluding hydrogens is 756 g/mol. The highest BCUT2D eigenvalue weighted by Crippen LogP contribution is 2.36. The summed E-state index contributed by atoms with van der Waals surface area (Å²) in [6, 6.07) is 11.9. The molecular formula is C42H57FN8O4Si2. The lowest BCUT2D eigenvalue weighted by molar-refractivity contribution is 0.0717. The zero-order valence-electron chi connectivity index (χ0n) is 34.8. The number of ether oxygens (including phenoxy) is 3. The second-order valence-electron chi connectivity index (χ2n) is 17.7. The molecule has 0 unspecified atom stereocenters. The van der Waals surface area contributed by atoms with E-state index in [0.717, 1.165) is 76.4 Å². The molecule has 2 aromatic carbocycles. The molecule has 1 fully saturated rings. The van der Waals surface area contributed by atoms with Crippen molar-refractivity contribution in [3.63, 3.8) is 0 Å². The highest BCUT2D eigenvalue weighted by Gasteiger charge is 2.33. The van der Waals surface area contributed by atoms with Crippen LogP contribution in [0.3, 0.4) is 0 Å². The second-order valence-corrected chi connectivity index (χ2v) is 28.9. The Labute approximate surface area is 337 Å². The van der Waals surface area contributed by atoms with E-state index < -0.39 is 16.1 Å². The summed E-state index contributed by atoms with van der Waals surface area (Å²) in [6.45, 7) is 23.2. The molecule has 0 radical (unpaired) electrons. The molecule has 1 amide bonds. The van der Waals surface area contributed by atoms with Crippen LogP contribution in [0, 0.1) is 12.7 Å². The summed E-state index contributed by atoms with van der Waals surface area (Å²) in [5.74, 6) is 1.01. The van der Waals surface area contributed by atoms with Gasteiger partial charge in [0.15, 0.2) is 5.82 Å². The number of halogens is 1. The first kappa shape index (κ1) is 40.9. The van der Waals surface area contributed by atoms with E-state index in [9.17, 15) is 9.18 Å². The van der Waals surface area contributed by atoms with Gasteiger partial charge in [-0.05, 0) is 65.9 Å². The number of aromatic nitrogens is 6. The second kappa shape index (κ2) is 16.9. The number of carbonyl (C=O) groups excluding carboxylic acids is 1. The number of anilines is 1. The lowest BCUT2D eigenvalue weighted by Gasteiger charge is -2.27. The van der Waals surface area contributed by atoms with E-state index in [0.29, 0.717) is 62.3 Å². The van der Waals surface area contributed by atoms with Crippen molar-refractivity contribution >= 4 is 38.8 Å². The van der Waals surface area contributed by atoms with Crippen molar-refractivity contribution < 1.29 is 23.4 Å². The summed E-state index contributed by atoms with van der Waals surface area (Å²) < 4.78 is 37.1. The smallest absolute Gasteiger partial charge is 0.274 e. The van der Waals surface area contributed by atoms with Crippen LogP contribution in [0.25, 0.3) is 33.5 Å². The maximum Gasteiger partial charge on any atom is 0.274 e. The largest absolute Gasteiger partial charge is 0.378 e. The van der Waals surface area contributed by atoms with Crippen molar-refractivity contribution in [2.24, 2.45) is 0 Å². The molecule has 1 saturated heterocycles. The first-order chi connectivity index (χ1) is 27.2. The predicted octanol–water partition coefficient (Wildman–Crippen LogP) is 7.98. The molecule has 0 bridgehead atoms. The van der Waals surface area contributed by atoms with Gasteiger partial charge in [-0.25, -0.2) is 24.0 Å². The minimum Gasteiger partial charge on any atom is -0.378 e. The van der Waals surface area contributed by atoms with Crippen molar-refractivity contribution in [2.45, 2.75) is 98.2 Å². The third kappa shape index (κ3) is 9.38. The molecule has 7 rings (SSSR count). The highest BCUT2D eigenvalue weighted by atomic mass is 28.3. The molecule has 0 saturated carbocycles. The van der Waals surface area contributed by atoms with Gasteiger partial charge in [0.1, 0.15) is 36.5 Å². The molecule has 3 aromatic heterocycles. The summed E-state index contributed by atoms with van der Waals surface area (Å²) in [5.41, 5.74) is 7.13. The minimum atomic E-state index is -1.34. The molecule has 304 valence electrons. The number of aryl methyl sites for hydroxylation is 2. The molecule has 15 heteroatoms. The number of rotatable bonds is 15. The van der Waals surface area contributed by atoms with Crippen LogP contribution in [0.4, 0.5) is 10.2 Å². The SMILES string of the molecule is CCc1cc(C)c(F)cc1-c1ccc2c(-c3nc4c(n3COCC[Si](C)(C)C)CN(C(=O)c3cnc(N5CCOCC5)cn3)C4)nn(COCC[Si](C)(C)C)c2c1. The number of morpholine rings is 1. The normalized spacial score (nSPS) is 14.9. The maximum atomic E-state index is 15.0. The van der Waals surface area contributed by atoms with E-state index in [1.54, 1.807) is 23.4 Å². The van der Waals surface area contributed by atoms with Crippen LogP contribution in [0.5, 0.6) is 0 Å². The van der Waals surface area contributed by atoms with Gasteiger partial charge in [-0.1, -0.05) is 58.3 Å². The number of nitrogens with zero attached hydrogens (tertiary/aromatic N) is 8. The Balaban J connectivity index is 1.23. The van der Waals surface area contributed by atoms with Crippen molar-refractivity contribution in [3.05, 3.63) is 76.8 Å². The Bertz CT molecular complexity index is 2220. The van der Waals surface area contributed by atoms with Crippen molar-refractivity contribution in [2.75, 3.05) is 44.4 Å². The summed E-state index contributed by atoms with van der Waals surface area (Å²) in [4.78, 5) is 32.0. The van der Waals surface area contributed by atoms with E-state index in [1.165, 1.54) is 0 Å². The van der Waals surface area contributed by atoms with Crippen LogP contribution in [-0.2, 0) is 47.2 Å². The first-order valence-electron chi connectivity index (χ1n) is 20.2. The van der Waals surface area contributed by atoms with Gasteiger partial charge in [0.2, 0.25) is 0 Å². The third-order valence-corrected chi connectivity index (χ3v) is 14.2. The molecule has 2 aliphatic heterocycles. The van der Waals surface area contributed by atoms with E-state index in [-0.39, 0.29) is 25.2 Å². The van der Waals surface area contributed by atoms with E-state index in [4.69, 9.17) is 24.3 Å². The fourth-order valence-electron chi connectivity index (χ4n) is 7.24.